The van der Waals surface area contributed by atoms with E-state index in [0.717, 1.165) is 38.5 Å². The molecule has 100 valence electrons. The van der Waals surface area contributed by atoms with Crippen LogP contribution in [0.4, 0.5) is 0 Å². The Balaban J connectivity index is 3.14. The molecule has 0 aliphatic rings. The Kier molecular flexibility index (Phi) is 10.2. The highest BCUT2D eigenvalue weighted by molar-refractivity contribution is 9.10. The smallest absolute Gasteiger partial charge is 0.317 e. The van der Waals surface area contributed by atoms with Gasteiger partial charge in [-0.3, -0.25) is 9.59 Å². The molecule has 4 nitrogen and oxygen atoms in total. The van der Waals surface area contributed by atoms with Crippen LogP contribution < -0.4 is 0 Å². The second-order valence-corrected chi connectivity index (χ2v) is 5.16. The van der Waals surface area contributed by atoms with Crippen LogP contribution in [0.2, 0.25) is 0 Å². The summed E-state index contributed by atoms with van der Waals surface area (Å²) in [5, 5.41) is 8.64. The highest BCUT2D eigenvalue weighted by Gasteiger charge is 2.11. The third-order valence-electron chi connectivity index (χ3n) is 2.43. The first-order chi connectivity index (χ1) is 8.04. The molecule has 0 spiro atoms. The van der Waals surface area contributed by atoms with Gasteiger partial charge in [-0.25, -0.2) is 0 Å². The van der Waals surface area contributed by atoms with Gasteiger partial charge in [0.15, 0.2) is 0 Å². The van der Waals surface area contributed by atoms with Crippen molar-refractivity contribution < 1.29 is 19.4 Å². The minimum absolute atomic E-state index is 0.220. The molecule has 0 radical (unpaired) electrons. The summed E-state index contributed by atoms with van der Waals surface area (Å²) in [6.45, 7) is 1.93. The largest absolute Gasteiger partial charge is 0.480 e. The number of hydrogen-bond donors (Lipinski definition) is 1. The quantitative estimate of drug-likeness (QED) is 0.382. The normalized spacial score (nSPS) is 12.1. The van der Waals surface area contributed by atoms with Crippen LogP contribution in [0.5, 0.6) is 0 Å². The summed E-state index contributed by atoms with van der Waals surface area (Å²) in [7, 11) is 0. The maximum Gasteiger partial charge on any atom is 0.317 e. The molecule has 0 aliphatic carbocycles. The van der Waals surface area contributed by atoms with Crippen molar-refractivity contribution in [3.63, 3.8) is 0 Å². The summed E-state index contributed by atoms with van der Waals surface area (Å²) < 4.78 is 4.82. The van der Waals surface area contributed by atoms with Gasteiger partial charge in [-0.05, 0) is 12.8 Å². The Morgan fingerprint density at radius 2 is 1.65 bits per heavy atom. The van der Waals surface area contributed by atoms with Crippen LogP contribution in [-0.4, -0.2) is 28.5 Å². The van der Waals surface area contributed by atoms with Crippen LogP contribution in [0.15, 0.2) is 0 Å². The van der Waals surface area contributed by atoms with E-state index in [2.05, 4.69) is 15.9 Å². The van der Waals surface area contributed by atoms with E-state index in [1.165, 1.54) is 6.92 Å². The van der Waals surface area contributed by atoms with Gasteiger partial charge in [0.05, 0.1) is 6.61 Å². The molecule has 0 aromatic carbocycles. The predicted molar refractivity (Wildman–Crippen MR) is 69.3 cm³/mol. The van der Waals surface area contributed by atoms with Crippen molar-refractivity contribution in [1.29, 1.82) is 0 Å². The third kappa shape index (κ3) is 11.7. The number of carbonyl (C=O) groups excluding carboxylic acids is 1. The average Bonchev–Trinajstić information content (AvgIpc) is 2.25. The molecule has 1 atom stereocenters. The van der Waals surface area contributed by atoms with Crippen molar-refractivity contribution >= 4 is 27.9 Å². The molecule has 5 heteroatoms. The lowest BCUT2D eigenvalue weighted by atomic mass is 10.1. The van der Waals surface area contributed by atoms with Gasteiger partial charge in [-0.1, -0.05) is 48.0 Å². The van der Waals surface area contributed by atoms with Crippen molar-refractivity contribution in [1.82, 2.24) is 0 Å². The van der Waals surface area contributed by atoms with Gasteiger partial charge in [0, 0.05) is 6.92 Å². The van der Waals surface area contributed by atoms with Crippen LogP contribution in [-0.2, 0) is 14.3 Å². The number of aliphatic carboxylic acids is 1. The first-order valence-electron chi connectivity index (χ1n) is 6.04. The molecule has 0 saturated heterocycles. The Bertz CT molecular complexity index is 231. The zero-order valence-corrected chi connectivity index (χ0v) is 11.9. The Hall–Kier alpha value is -0.580. The molecular weight excluding hydrogens is 288 g/mol. The first-order valence-corrected chi connectivity index (χ1v) is 6.96. The van der Waals surface area contributed by atoms with Crippen molar-refractivity contribution in [3.05, 3.63) is 0 Å². The fourth-order valence-electron chi connectivity index (χ4n) is 1.47. The lowest BCUT2D eigenvalue weighted by molar-refractivity contribution is -0.141. The van der Waals surface area contributed by atoms with Crippen molar-refractivity contribution in [2.24, 2.45) is 0 Å². The predicted octanol–water partition coefficient (Wildman–Crippen LogP) is 3.13. The number of ether oxygens (including phenoxy) is 1. The fourth-order valence-corrected chi connectivity index (χ4v) is 1.80. The zero-order chi connectivity index (χ0) is 13.1. The molecule has 17 heavy (non-hydrogen) atoms. The number of rotatable bonds is 10. The standard InChI is InChI=1S/C12H21BrO4/c1-10(14)17-9-7-5-3-2-4-6-8-11(13)12(15)16/h11H,2-9H2,1H3,(H,15,16). The third-order valence-corrected chi connectivity index (χ3v) is 3.27. The van der Waals surface area contributed by atoms with Crippen LogP contribution in [0.3, 0.4) is 0 Å². The monoisotopic (exact) mass is 308 g/mol. The van der Waals surface area contributed by atoms with Gasteiger partial charge in [-0.15, -0.1) is 0 Å². The molecule has 0 fully saturated rings. The Labute approximate surface area is 111 Å². The maximum atomic E-state index is 10.5. The molecule has 0 aromatic heterocycles. The number of carbonyl (C=O) groups is 2. The lowest BCUT2D eigenvalue weighted by Gasteiger charge is -2.04. The summed E-state index contributed by atoms with van der Waals surface area (Å²) in [4.78, 5) is 20.6. The van der Waals surface area contributed by atoms with E-state index in [0.29, 0.717) is 13.0 Å². The minimum atomic E-state index is -0.786. The van der Waals surface area contributed by atoms with E-state index >= 15 is 0 Å². The summed E-state index contributed by atoms with van der Waals surface area (Å²) in [5.41, 5.74) is 0. The minimum Gasteiger partial charge on any atom is -0.480 e. The second kappa shape index (κ2) is 10.6. The van der Waals surface area contributed by atoms with Gasteiger partial charge in [0.25, 0.3) is 0 Å². The molecule has 0 aliphatic heterocycles. The fraction of sp³-hybridized carbons (Fsp3) is 0.833. The van der Waals surface area contributed by atoms with Gasteiger partial charge in [0.1, 0.15) is 4.83 Å². The molecule has 0 amide bonds. The highest BCUT2D eigenvalue weighted by Crippen LogP contribution is 2.13. The van der Waals surface area contributed by atoms with Crippen LogP contribution in [0.1, 0.15) is 51.9 Å². The van der Waals surface area contributed by atoms with Gasteiger partial charge in [0.2, 0.25) is 0 Å². The number of carboxylic acids is 1. The van der Waals surface area contributed by atoms with Crippen molar-refractivity contribution in [2.75, 3.05) is 6.61 Å². The van der Waals surface area contributed by atoms with Gasteiger partial charge in [-0.2, -0.15) is 0 Å². The Morgan fingerprint density at radius 3 is 2.18 bits per heavy atom. The number of alkyl halides is 1. The molecule has 0 bridgehead atoms. The van der Waals surface area contributed by atoms with Gasteiger partial charge >= 0.3 is 11.9 Å². The number of halogens is 1. The van der Waals surface area contributed by atoms with E-state index < -0.39 is 10.8 Å². The van der Waals surface area contributed by atoms with Crippen molar-refractivity contribution in [3.8, 4) is 0 Å². The van der Waals surface area contributed by atoms with Gasteiger partial charge < -0.3 is 9.84 Å². The molecule has 0 heterocycles. The number of unbranched alkanes of at least 4 members (excludes halogenated alkanes) is 5. The van der Waals surface area contributed by atoms with E-state index in [4.69, 9.17) is 9.84 Å². The van der Waals surface area contributed by atoms with Crippen molar-refractivity contribution in [2.45, 2.75) is 56.7 Å². The van der Waals surface area contributed by atoms with E-state index in [9.17, 15) is 9.59 Å². The summed E-state index contributed by atoms with van der Waals surface area (Å²) in [5.74, 6) is -1.01. The topological polar surface area (TPSA) is 63.6 Å². The lowest BCUT2D eigenvalue weighted by Crippen LogP contribution is -2.11. The highest BCUT2D eigenvalue weighted by atomic mass is 79.9. The zero-order valence-electron chi connectivity index (χ0n) is 10.3. The summed E-state index contributed by atoms with van der Waals surface area (Å²) >= 11 is 3.11. The molecule has 0 saturated carbocycles. The number of carboxylic acid groups (broad SMARTS) is 1. The van der Waals surface area contributed by atoms with E-state index in [1.807, 2.05) is 0 Å². The first kappa shape index (κ1) is 16.4. The maximum absolute atomic E-state index is 10.5. The number of esters is 1. The number of hydrogen-bond acceptors (Lipinski definition) is 3. The SMILES string of the molecule is CC(=O)OCCCCCCCCC(Br)C(=O)O. The molecule has 1 N–H and O–H groups in total. The molecule has 0 aromatic rings. The van der Waals surface area contributed by atoms with Crippen LogP contribution in [0, 0.1) is 0 Å². The molecular formula is C12H21BrO4. The van der Waals surface area contributed by atoms with Crippen LogP contribution in [0.25, 0.3) is 0 Å². The molecule has 0 rings (SSSR count). The average molecular weight is 309 g/mol. The Morgan fingerprint density at radius 1 is 1.12 bits per heavy atom. The summed E-state index contributed by atoms with van der Waals surface area (Å²) in [6.07, 6.45) is 6.87. The van der Waals surface area contributed by atoms with E-state index in [1.54, 1.807) is 0 Å². The van der Waals surface area contributed by atoms with Crippen LogP contribution >= 0.6 is 15.9 Å². The molecule has 1 unspecified atom stereocenters. The van der Waals surface area contributed by atoms with E-state index in [-0.39, 0.29) is 5.97 Å². The summed E-state index contributed by atoms with van der Waals surface area (Å²) in [6, 6.07) is 0. The second-order valence-electron chi connectivity index (χ2n) is 4.06.